The summed E-state index contributed by atoms with van der Waals surface area (Å²) in [6.07, 6.45) is 6.90. The van der Waals surface area contributed by atoms with Crippen LogP contribution in [-0.4, -0.2) is 28.2 Å². The smallest absolute Gasteiger partial charge is 0.216 e. The second-order valence-corrected chi connectivity index (χ2v) is 9.85. The Morgan fingerprint density at radius 3 is 2.51 bits per heavy atom. The molecule has 35 heavy (non-hydrogen) atoms. The Labute approximate surface area is 208 Å². The third-order valence-electron chi connectivity index (χ3n) is 5.54. The van der Waals surface area contributed by atoms with Crippen molar-refractivity contribution in [3.8, 4) is 11.1 Å². The molecule has 0 fully saturated rings. The average molecular weight is 508 g/mol. The van der Waals surface area contributed by atoms with E-state index in [0.717, 1.165) is 11.1 Å². The van der Waals surface area contributed by atoms with Crippen LogP contribution in [0.15, 0.2) is 84.2 Å². The molecule has 10 heteroatoms. The van der Waals surface area contributed by atoms with Crippen LogP contribution in [0.1, 0.15) is 11.3 Å². The highest BCUT2D eigenvalue weighted by Gasteiger charge is 2.14. The van der Waals surface area contributed by atoms with E-state index in [-0.39, 0.29) is 30.1 Å². The number of nitrogens with one attached hydrogen (secondary N) is 1. The second-order valence-electron chi connectivity index (χ2n) is 8.04. The molecule has 0 saturated carbocycles. The van der Waals surface area contributed by atoms with Crippen LogP contribution in [0.2, 0.25) is 0 Å². The number of aryl methyl sites for hydroxylation is 1. The predicted molar refractivity (Wildman–Crippen MR) is 139 cm³/mol. The van der Waals surface area contributed by atoms with Crippen LogP contribution < -0.4 is 10.2 Å². The van der Waals surface area contributed by atoms with Gasteiger partial charge in [-0.2, -0.15) is 5.10 Å². The highest BCUT2D eigenvalue weighted by Crippen LogP contribution is 2.22. The lowest BCUT2D eigenvalue weighted by Crippen LogP contribution is -2.25. The van der Waals surface area contributed by atoms with Crippen LogP contribution in [-0.2, 0) is 29.4 Å². The van der Waals surface area contributed by atoms with Crippen molar-refractivity contribution in [3.63, 3.8) is 0 Å². The molecule has 5 aromatic rings. The maximum absolute atomic E-state index is 13.5. The molecule has 5 rings (SSSR count). The Kier molecular flexibility index (Phi) is 6.93. The van der Waals surface area contributed by atoms with Crippen molar-refractivity contribution in [1.82, 2.24) is 24.5 Å². The number of nitrogens with zero attached hydrogens (tertiary/aromatic N) is 4. The fourth-order valence-electron chi connectivity index (χ4n) is 3.82. The van der Waals surface area contributed by atoms with Crippen LogP contribution in [0.25, 0.3) is 32.8 Å². The first kappa shape index (κ1) is 24.5. The van der Waals surface area contributed by atoms with Crippen LogP contribution in [0.3, 0.4) is 0 Å². The molecule has 0 atom stereocenters. The molecular weight excluding hydrogens is 486 g/mol. The van der Waals surface area contributed by atoms with Gasteiger partial charge in [0.2, 0.25) is 10.0 Å². The molecule has 0 spiro atoms. The number of pyridine rings is 2. The molecule has 178 valence electrons. The number of hydrogen-bond donors (Lipinski definition) is 1. The number of sulfonamides is 1. The van der Waals surface area contributed by atoms with Gasteiger partial charge in [0.1, 0.15) is 0 Å². The minimum absolute atomic E-state index is 0. The van der Waals surface area contributed by atoms with E-state index in [4.69, 9.17) is 0 Å². The summed E-state index contributed by atoms with van der Waals surface area (Å²) >= 11 is 0. The van der Waals surface area contributed by atoms with E-state index in [9.17, 15) is 13.2 Å². The van der Waals surface area contributed by atoms with Crippen molar-refractivity contribution in [2.75, 3.05) is 0 Å². The minimum Gasteiger partial charge on any atom is -0.289 e. The summed E-state index contributed by atoms with van der Waals surface area (Å²) < 4.78 is 29.5. The molecule has 1 N–H and O–H groups in total. The molecule has 0 aliphatic heterocycles. The van der Waals surface area contributed by atoms with Crippen molar-refractivity contribution in [3.05, 3.63) is 101 Å². The maximum atomic E-state index is 13.5. The standard InChI is InChI=1S/C25H21N5O3S.ClH/c1-30-15-20(13-28-30)19-11-23-24(27-12-19)8-7-18-6-5-17(10-22(18)25(23)31)16-34(32,33)29-14-21-4-2-3-9-26-21;/h2-13,15,29H,14,16H2,1H3;1H. The van der Waals surface area contributed by atoms with E-state index in [1.165, 1.54) is 0 Å². The van der Waals surface area contributed by atoms with Gasteiger partial charge in [-0.3, -0.25) is 19.4 Å². The van der Waals surface area contributed by atoms with Gasteiger partial charge in [0.25, 0.3) is 0 Å². The third kappa shape index (κ3) is 5.37. The van der Waals surface area contributed by atoms with Gasteiger partial charge in [-0.05, 0) is 41.3 Å². The van der Waals surface area contributed by atoms with E-state index < -0.39 is 10.0 Å². The summed E-state index contributed by atoms with van der Waals surface area (Å²) in [4.78, 5) is 22.1. The van der Waals surface area contributed by atoms with Crippen molar-refractivity contribution >= 4 is 44.1 Å². The average Bonchev–Trinajstić information content (AvgIpc) is 3.22. The molecule has 3 heterocycles. The van der Waals surface area contributed by atoms with Crippen molar-refractivity contribution in [2.24, 2.45) is 7.05 Å². The van der Waals surface area contributed by atoms with E-state index in [0.29, 0.717) is 32.9 Å². The summed E-state index contributed by atoms with van der Waals surface area (Å²) in [7, 11) is -1.80. The quantitative estimate of drug-likeness (QED) is 0.376. The zero-order valence-corrected chi connectivity index (χ0v) is 20.4. The monoisotopic (exact) mass is 507 g/mol. The maximum Gasteiger partial charge on any atom is 0.216 e. The number of aromatic nitrogens is 4. The molecule has 0 aliphatic carbocycles. The Morgan fingerprint density at radius 2 is 1.77 bits per heavy atom. The second kappa shape index (κ2) is 9.91. The fourth-order valence-corrected chi connectivity index (χ4v) is 4.91. The highest BCUT2D eigenvalue weighted by atomic mass is 35.5. The van der Waals surface area contributed by atoms with Crippen LogP contribution >= 0.6 is 12.4 Å². The number of halogens is 1. The minimum atomic E-state index is -3.63. The summed E-state index contributed by atoms with van der Waals surface area (Å²) in [5.74, 6) is -0.245. The van der Waals surface area contributed by atoms with E-state index >= 15 is 0 Å². The topological polar surface area (TPSA) is 107 Å². The molecule has 8 nitrogen and oxygen atoms in total. The zero-order valence-electron chi connectivity index (χ0n) is 18.7. The normalized spacial score (nSPS) is 11.5. The summed E-state index contributed by atoms with van der Waals surface area (Å²) in [5, 5.41) is 5.80. The molecule has 0 aliphatic rings. The van der Waals surface area contributed by atoms with E-state index in [1.807, 2.05) is 19.3 Å². The first-order valence-electron chi connectivity index (χ1n) is 10.6. The van der Waals surface area contributed by atoms with Crippen LogP contribution in [0, 0.1) is 0 Å². The summed E-state index contributed by atoms with van der Waals surface area (Å²) in [5.41, 5.74) is 3.16. The number of benzene rings is 1. The molecule has 3 aromatic heterocycles. The Morgan fingerprint density at radius 1 is 0.943 bits per heavy atom. The lowest BCUT2D eigenvalue weighted by molar-refractivity contribution is 0.579. The number of fused-ring (bicyclic) bond motifs is 2. The molecule has 0 amide bonds. The number of hydrogen-bond acceptors (Lipinski definition) is 6. The Hall–Kier alpha value is -3.66. The molecule has 0 radical (unpaired) electrons. The van der Waals surface area contributed by atoms with Gasteiger partial charge in [0.05, 0.1) is 29.7 Å². The largest absolute Gasteiger partial charge is 0.289 e. The lowest BCUT2D eigenvalue weighted by Gasteiger charge is -2.07. The highest BCUT2D eigenvalue weighted by molar-refractivity contribution is 7.88. The van der Waals surface area contributed by atoms with Crippen molar-refractivity contribution < 1.29 is 8.42 Å². The van der Waals surface area contributed by atoms with E-state index in [2.05, 4.69) is 19.8 Å². The lowest BCUT2D eigenvalue weighted by atomic mass is 10.1. The summed E-state index contributed by atoms with van der Waals surface area (Å²) in [6.45, 7) is 0.103. The first-order chi connectivity index (χ1) is 16.4. The van der Waals surface area contributed by atoms with Gasteiger partial charge < -0.3 is 0 Å². The van der Waals surface area contributed by atoms with E-state index in [1.54, 1.807) is 71.8 Å². The zero-order chi connectivity index (χ0) is 23.7. The van der Waals surface area contributed by atoms with Gasteiger partial charge in [-0.15, -0.1) is 12.4 Å². The fraction of sp³-hybridized carbons (Fsp3) is 0.120. The van der Waals surface area contributed by atoms with Crippen LogP contribution in [0.4, 0.5) is 0 Å². The SMILES string of the molecule is Cl.Cn1cc(-c2cnc3ccc4ccc(CS(=O)(=O)NCc5ccccn5)cc4c(=O)c3c2)cn1. The van der Waals surface area contributed by atoms with Crippen molar-refractivity contribution in [2.45, 2.75) is 12.3 Å². The molecule has 2 aromatic carbocycles. The van der Waals surface area contributed by atoms with Gasteiger partial charge in [-0.25, -0.2) is 13.1 Å². The van der Waals surface area contributed by atoms with Crippen LogP contribution in [0.5, 0.6) is 0 Å². The Bertz CT molecular complexity index is 1690. The molecule has 0 unspecified atom stereocenters. The first-order valence-corrected chi connectivity index (χ1v) is 12.3. The Balaban J connectivity index is 0.00000289. The van der Waals surface area contributed by atoms with Gasteiger partial charge >= 0.3 is 0 Å². The predicted octanol–water partition coefficient (Wildman–Crippen LogP) is 3.59. The van der Waals surface area contributed by atoms with Crippen molar-refractivity contribution in [1.29, 1.82) is 0 Å². The third-order valence-corrected chi connectivity index (χ3v) is 6.84. The van der Waals surface area contributed by atoms with Gasteiger partial charge in [-0.1, -0.05) is 24.3 Å². The van der Waals surface area contributed by atoms with Gasteiger partial charge in [0.15, 0.2) is 5.43 Å². The van der Waals surface area contributed by atoms with Gasteiger partial charge in [0, 0.05) is 47.5 Å². The number of rotatable bonds is 6. The molecule has 0 bridgehead atoms. The molecule has 0 saturated heterocycles. The summed E-state index contributed by atoms with van der Waals surface area (Å²) in [6, 6.07) is 15.9. The molecular formula is C25H22ClN5O3S.